The molecule has 1 aliphatic rings. The van der Waals surface area contributed by atoms with Crippen LogP contribution in [0.3, 0.4) is 0 Å². The molecule has 3 nitrogen and oxygen atoms in total. The van der Waals surface area contributed by atoms with Crippen molar-refractivity contribution < 1.29 is 0 Å². The van der Waals surface area contributed by atoms with E-state index >= 15 is 0 Å². The van der Waals surface area contributed by atoms with Crippen LogP contribution in [-0.2, 0) is 6.54 Å². The first-order valence-electron chi connectivity index (χ1n) is 7.37. The molecule has 0 amide bonds. The summed E-state index contributed by atoms with van der Waals surface area (Å²) >= 11 is 6.12. The van der Waals surface area contributed by atoms with Gasteiger partial charge in [-0.05, 0) is 38.1 Å². The van der Waals surface area contributed by atoms with Gasteiger partial charge in [0.25, 0.3) is 0 Å². The highest BCUT2D eigenvalue weighted by Gasteiger charge is 2.16. The van der Waals surface area contributed by atoms with Crippen LogP contribution in [0.5, 0.6) is 0 Å². The van der Waals surface area contributed by atoms with E-state index in [1.165, 1.54) is 16.6 Å². The normalized spacial score (nSPS) is 17.2. The van der Waals surface area contributed by atoms with Crippen LogP contribution in [0.15, 0.2) is 24.3 Å². The molecule has 4 heteroatoms. The summed E-state index contributed by atoms with van der Waals surface area (Å²) in [5.74, 6) is 0. The lowest BCUT2D eigenvalue weighted by Crippen LogP contribution is -2.43. The molecule has 1 aliphatic heterocycles. The van der Waals surface area contributed by atoms with E-state index in [-0.39, 0.29) is 0 Å². The Morgan fingerprint density at radius 3 is 2.65 bits per heavy atom. The summed E-state index contributed by atoms with van der Waals surface area (Å²) in [7, 11) is 0. The number of hydrogen-bond donors (Lipinski definition) is 1. The molecule has 0 spiro atoms. The number of piperazine rings is 1. The minimum absolute atomic E-state index is 0.464. The number of nitrogens with zero attached hydrogens (tertiary/aromatic N) is 2. The van der Waals surface area contributed by atoms with Crippen molar-refractivity contribution in [1.82, 2.24) is 14.8 Å². The minimum atomic E-state index is 0.464. The third-order valence-corrected chi connectivity index (χ3v) is 4.23. The highest BCUT2D eigenvalue weighted by atomic mass is 35.5. The summed E-state index contributed by atoms with van der Waals surface area (Å²) in [5.41, 5.74) is 2.67. The Labute approximate surface area is 125 Å². The fraction of sp³-hybridized carbons (Fsp3) is 0.500. The molecule has 0 saturated carbocycles. The molecule has 1 aromatic heterocycles. The number of aromatic nitrogens is 1. The zero-order chi connectivity index (χ0) is 14.1. The van der Waals surface area contributed by atoms with Gasteiger partial charge in [-0.1, -0.05) is 11.6 Å². The van der Waals surface area contributed by atoms with Gasteiger partial charge in [0.05, 0.1) is 0 Å². The Hall–Kier alpha value is -1.03. The molecule has 1 N–H and O–H groups in total. The molecular formula is C16H22ClN3. The van der Waals surface area contributed by atoms with Crippen LogP contribution in [-0.4, -0.2) is 35.6 Å². The number of halogens is 1. The van der Waals surface area contributed by atoms with Gasteiger partial charge in [0.15, 0.2) is 0 Å². The molecule has 0 aliphatic carbocycles. The molecule has 108 valence electrons. The van der Waals surface area contributed by atoms with Gasteiger partial charge in [-0.15, -0.1) is 0 Å². The standard InChI is InChI=1S/C16H22ClN3/c1-12(2)20-15(11-19-7-5-18-6-8-19)10-13-9-14(17)3-4-16(13)20/h3-4,9-10,12,18H,5-8,11H2,1-2H3. The van der Waals surface area contributed by atoms with E-state index in [0.29, 0.717) is 6.04 Å². The Bertz CT molecular complexity index is 597. The van der Waals surface area contributed by atoms with E-state index in [4.69, 9.17) is 11.6 Å². The van der Waals surface area contributed by atoms with Crippen LogP contribution in [0.2, 0.25) is 5.02 Å². The SMILES string of the molecule is CC(C)n1c(CN2CCNCC2)cc2cc(Cl)ccc21. The zero-order valence-electron chi connectivity index (χ0n) is 12.2. The Kier molecular flexibility index (Phi) is 4.01. The summed E-state index contributed by atoms with van der Waals surface area (Å²) in [6.07, 6.45) is 0. The first-order chi connectivity index (χ1) is 9.65. The van der Waals surface area contributed by atoms with Crippen LogP contribution in [0.4, 0.5) is 0 Å². The van der Waals surface area contributed by atoms with Crippen molar-refractivity contribution in [2.75, 3.05) is 26.2 Å². The second kappa shape index (κ2) is 5.76. The molecule has 3 rings (SSSR count). The Morgan fingerprint density at radius 2 is 1.95 bits per heavy atom. The second-order valence-corrected chi connectivity index (χ2v) is 6.27. The van der Waals surface area contributed by atoms with Gasteiger partial charge in [-0.25, -0.2) is 0 Å². The maximum absolute atomic E-state index is 6.12. The number of hydrogen-bond acceptors (Lipinski definition) is 2. The maximum atomic E-state index is 6.12. The van der Waals surface area contributed by atoms with Crippen molar-refractivity contribution in [3.8, 4) is 0 Å². The summed E-state index contributed by atoms with van der Waals surface area (Å²) in [6, 6.07) is 8.95. The molecule has 1 aromatic carbocycles. The van der Waals surface area contributed by atoms with Gasteiger partial charge in [0.1, 0.15) is 0 Å². The van der Waals surface area contributed by atoms with Crippen molar-refractivity contribution in [3.05, 3.63) is 35.0 Å². The van der Waals surface area contributed by atoms with Gasteiger partial charge < -0.3 is 9.88 Å². The maximum Gasteiger partial charge on any atom is 0.0486 e. The van der Waals surface area contributed by atoms with Gasteiger partial charge in [0, 0.05) is 60.4 Å². The predicted molar refractivity (Wildman–Crippen MR) is 85.5 cm³/mol. The first-order valence-corrected chi connectivity index (χ1v) is 7.75. The Balaban J connectivity index is 1.97. The van der Waals surface area contributed by atoms with E-state index in [1.807, 2.05) is 6.07 Å². The highest BCUT2D eigenvalue weighted by Crippen LogP contribution is 2.27. The van der Waals surface area contributed by atoms with Crippen LogP contribution in [0.1, 0.15) is 25.6 Å². The van der Waals surface area contributed by atoms with Crippen LogP contribution in [0, 0.1) is 0 Å². The molecule has 0 atom stereocenters. The van der Waals surface area contributed by atoms with Gasteiger partial charge in [-0.3, -0.25) is 4.90 Å². The second-order valence-electron chi connectivity index (χ2n) is 5.83. The molecule has 1 saturated heterocycles. The highest BCUT2D eigenvalue weighted by molar-refractivity contribution is 6.31. The van der Waals surface area contributed by atoms with Gasteiger partial charge in [-0.2, -0.15) is 0 Å². The van der Waals surface area contributed by atoms with E-state index < -0.39 is 0 Å². The average Bonchev–Trinajstić information content (AvgIpc) is 2.76. The third kappa shape index (κ3) is 2.71. The van der Waals surface area contributed by atoms with E-state index in [0.717, 1.165) is 37.7 Å². The smallest absolute Gasteiger partial charge is 0.0486 e. The van der Waals surface area contributed by atoms with Crippen molar-refractivity contribution in [1.29, 1.82) is 0 Å². The molecule has 20 heavy (non-hydrogen) atoms. The third-order valence-electron chi connectivity index (χ3n) is 3.99. The summed E-state index contributed by atoms with van der Waals surface area (Å²) in [4.78, 5) is 2.52. The average molecular weight is 292 g/mol. The summed E-state index contributed by atoms with van der Waals surface area (Å²) in [6.45, 7) is 9.94. The molecule has 2 aromatic rings. The largest absolute Gasteiger partial charge is 0.341 e. The number of fused-ring (bicyclic) bond motifs is 1. The monoisotopic (exact) mass is 291 g/mol. The summed E-state index contributed by atoms with van der Waals surface area (Å²) in [5, 5.41) is 5.46. The lowest BCUT2D eigenvalue weighted by atomic mass is 10.2. The summed E-state index contributed by atoms with van der Waals surface area (Å²) < 4.78 is 2.44. The van der Waals surface area contributed by atoms with E-state index in [9.17, 15) is 0 Å². The van der Waals surface area contributed by atoms with Crippen molar-refractivity contribution >= 4 is 22.5 Å². The lowest BCUT2D eigenvalue weighted by Gasteiger charge is -2.28. The molecule has 0 radical (unpaired) electrons. The molecule has 2 heterocycles. The van der Waals surface area contributed by atoms with Crippen molar-refractivity contribution in [2.45, 2.75) is 26.4 Å². The van der Waals surface area contributed by atoms with Crippen molar-refractivity contribution in [3.63, 3.8) is 0 Å². The number of rotatable bonds is 3. The van der Waals surface area contributed by atoms with E-state index in [1.54, 1.807) is 0 Å². The molecule has 1 fully saturated rings. The molecule has 0 bridgehead atoms. The fourth-order valence-electron chi connectivity index (χ4n) is 3.09. The molecular weight excluding hydrogens is 270 g/mol. The lowest BCUT2D eigenvalue weighted by molar-refractivity contribution is 0.227. The molecule has 0 unspecified atom stereocenters. The van der Waals surface area contributed by atoms with E-state index in [2.05, 4.69) is 46.8 Å². The first kappa shape index (κ1) is 13.9. The number of nitrogens with one attached hydrogen (secondary N) is 1. The zero-order valence-corrected chi connectivity index (χ0v) is 13.0. The van der Waals surface area contributed by atoms with Crippen molar-refractivity contribution in [2.24, 2.45) is 0 Å². The minimum Gasteiger partial charge on any atom is -0.341 e. The fourth-order valence-corrected chi connectivity index (χ4v) is 3.27. The van der Waals surface area contributed by atoms with Gasteiger partial charge in [0.2, 0.25) is 0 Å². The predicted octanol–water partition coefficient (Wildman–Crippen LogP) is 3.28. The van der Waals surface area contributed by atoms with Crippen LogP contribution >= 0.6 is 11.6 Å². The Morgan fingerprint density at radius 1 is 1.20 bits per heavy atom. The van der Waals surface area contributed by atoms with Crippen LogP contribution in [0.25, 0.3) is 10.9 Å². The number of benzene rings is 1. The topological polar surface area (TPSA) is 20.2 Å². The van der Waals surface area contributed by atoms with Crippen LogP contribution < -0.4 is 5.32 Å². The quantitative estimate of drug-likeness (QED) is 0.936. The van der Waals surface area contributed by atoms with Gasteiger partial charge >= 0.3 is 0 Å².